The molecule has 25 heavy (non-hydrogen) atoms. The van der Waals surface area contributed by atoms with E-state index in [1.807, 2.05) is 43.3 Å². The Kier molecular flexibility index (Phi) is 5.86. The highest BCUT2D eigenvalue weighted by atomic mass is 127. The molecular weight excluding hydrogens is 449 g/mol. The van der Waals surface area contributed by atoms with Gasteiger partial charge in [0.25, 0.3) is 5.91 Å². The molecule has 1 N–H and O–H groups in total. The van der Waals surface area contributed by atoms with E-state index in [1.54, 1.807) is 0 Å². The lowest BCUT2D eigenvalue weighted by Gasteiger charge is -2.35. The summed E-state index contributed by atoms with van der Waals surface area (Å²) in [5, 5.41) is 3.68. The lowest BCUT2D eigenvalue weighted by atomic mass is 10.1. The van der Waals surface area contributed by atoms with Gasteiger partial charge in [-0.2, -0.15) is 0 Å². The van der Waals surface area contributed by atoms with Crippen molar-refractivity contribution in [2.24, 2.45) is 0 Å². The molecule has 2 aromatic rings. The number of nitrogens with one attached hydrogen (secondary N) is 1. The van der Waals surface area contributed by atoms with Crippen molar-refractivity contribution in [1.29, 1.82) is 0 Å². The van der Waals surface area contributed by atoms with E-state index >= 15 is 0 Å². The van der Waals surface area contributed by atoms with Crippen LogP contribution in [0.1, 0.15) is 15.9 Å². The van der Waals surface area contributed by atoms with E-state index in [9.17, 15) is 4.79 Å². The molecule has 0 bridgehead atoms. The minimum Gasteiger partial charge on any atom is -0.367 e. The number of aryl methyl sites for hydroxylation is 1. The summed E-state index contributed by atoms with van der Waals surface area (Å²) in [5.41, 5.74) is 3.57. The van der Waals surface area contributed by atoms with Gasteiger partial charge in [-0.05, 0) is 66.4 Å². The van der Waals surface area contributed by atoms with Gasteiger partial charge in [-0.15, -0.1) is 0 Å². The van der Waals surface area contributed by atoms with Crippen LogP contribution in [0.5, 0.6) is 0 Å². The van der Waals surface area contributed by atoms with E-state index in [0.29, 0.717) is 10.6 Å². The minimum absolute atomic E-state index is 0.106. The number of halogens is 2. The fraction of sp³-hybridized carbons (Fsp3) is 0.316. The minimum atomic E-state index is -0.106. The largest absolute Gasteiger partial charge is 0.367 e. The second-order valence-electron chi connectivity index (χ2n) is 6.34. The van der Waals surface area contributed by atoms with Crippen LogP contribution in [0.25, 0.3) is 0 Å². The summed E-state index contributed by atoms with van der Waals surface area (Å²) >= 11 is 8.41. The van der Waals surface area contributed by atoms with Crippen molar-refractivity contribution in [2.75, 3.05) is 43.4 Å². The predicted molar refractivity (Wildman–Crippen MR) is 113 cm³/mol. The van der Waals surface area contributed by atoms with Gasteiger partial charge in [-0.1, -0.05) is 23.7 Å². The Labute approximate surface area is 167 Å². The molecule has 0 aliphatic carbocycles. The molecule has 0 atom stereocenters. The van der Waals surface area contributed by atoms with Crippen molar-refractivity contribution in [2.45, 2.75) is 6.92 Å². The molecule has 3 rings (SSSR count). The molecule has 1 saturated heterocycles. The molecule has 1 fully saturated rings. The monoisotopic (exact) mass is 469 g/mol. The summed E-state index contributed by atoms with van der Waals surface area (Å²) in [5.74, 6) is -0.106. The highest BCUT2D eigenvalue weighted by Gasteiger charge is 2.19. The van der Waals surface area contributed by atoms with Crippen LogP contribution < -0.4 is 10.2 Å². The third-order valence-corrected chi connectivity index (χ3v) is 6.15. The molecule has 2 aromatic carbocycles. The number of anilines is 2. The Bertz CT molecular complexity index is 788. The van der Waals surface area contributed by atoms with Gasteiger partial charge in [0.2, 0.25) is 0 Å². The third kappa shape index (κ3) is 4.27. The molecule has 1 heterocycles. The maximum atomic E-state index is 12.8. The van der Waals surface area contributed by atoms with Crippen molar-refractivity contribution in [1.82, 2.24) is 4.90 Å². The van der Waals surface area contributed by atoms with Gasteiger partial charge in [0, 0.05) is 34.8 Å². The van der Waals surface area contributed by atoms with Crippen molar-refractivity contribution in [3.8, 4) is 0 Å². The zero-order chi connectivity index (χ0) is 18.0. The fourth-order valence-electron chi connectivity index (χ4n) is 2.94. The van der Waals surface area contributed by atoms with Crippen LogP contribution in [0.3, 0.4) is 0 Å². The van der Waals surface area contributed by atoms with Crippen LogP contribution >= 0.6 is 34.2 Å². The topological polar surface area (TPSA) is 35.6 Å². The van der Waals surface area contributed by atoms with E-state index < -0.39 is 0 Å². The standard InChI is InChI=1S/C19H21ClIN3O/c1-13-4-3-5-15(18(13)21)19(25)22-16-12-14(20)6-7-17(16)24-10-8-23(2)9-11-24/h3-7,12H,8-11H2,1-2H3,(H,22,25). The van der Waals surface area contributed by atoms with Crippen LogP contribution in [0.15, 0.2) is 36.4 Å². The number of likely N-dealkylation sites (N-methyl/N-ethyl adjacent to an activating group) is 1. The first-order valence-corrected chi connectivity index (χ1v) is 9.71. The van der Waals surface area contributed by atoms with Gasteiger partial charge in [-0.3, -0.25) is 4.79 Å². The number of carbonyl (C=O) groups excluding carboxylic acids is 1. The molecule has 4 nitrogen and oxygen atoms in total. The Morgan fingerprint density at radius 1 is 1.16 bits per heavy atom. The predicted octanol–water partition coefficient (Wildman–Crippen LogP) is 4.26. The smallest absolute Gasteiger partial charge is 0.256 e. The number of hydrogen-bond donors (Lipinski definition) is 1. The van der Waals surface area contributed by atoms with E-state index in [-0.39, 0.29) is 5.91 Å². The van der Waals surface area contributed by atoms with Crippen molar-refractivity contribution < 1.29 is 4.79 Å². The Hall–Kier alpha value is -1.31. The Balaban J connectivity index is 1.87. The molecular formula is C19H21ClIN3O. The van der Waals surface area contributed by atoms with Crippen LogP contribution in [0, 0.1) is 10.5 Å². The van der Waals surface area contributed by atoms with E-state index in [4.69, 9.17) is 11.6 Å². The van der Waals surface area contributed by atoms with Crippen LogP contribution in [-0.2, 0) is 0 Å². The van der Waals surface area contributed by atoms with E-state index in [1.165, 1.54) is 0 Å². The molecule has 6 heteroatoms. The number of carbonyl (C=O) groups is 1. The third-order valence-electron chi connectivity index (χ3n) is 4.49. The number of amides is 1. The van der Waals surface area contributed by atoms with Gasteiger partial charge < -0.3 is 15.1 Å². The number of rotatable bonds is 3. The zero-order valence-corrected chi connectivity index (χ0v) is 17.3. The molecule has 1 amide bonds. The molecule has 0 unspecified atom stereocenters. The summed E-state index contributed by atoms with van der Waals surface area (Å²) in [6.45, 7) is 5.89. The van der Waals surface area contributed by atoms with Crippen LogP contribution in [-0.4, -0.2) is 44.0 Å². The Morgan fingerprint density at radius 3 is 2.60 bits per heavy atom. The van der Waals surface area contributed by atoms with Gasteiger partial charge in [0.05, 0.1) is 16.9 Å². The van der Waals surface area contributed by atoms with Crippen molar-refractivity contribution in [3.63, 3.8) is 0 Å². The normalized spacial score (nSPS) is 15.3. The number of hydrogen-bond acceptors (Lipinski definition) is 3. The van der Waals surface area contributed by atoms with Gasteiger partial charge in [0.1, 0.15) is 0 Å². The second kappa shape index (κ2) is 7.93. The summed E-state index contributed by atoms with van der Waals surface area (Å²) in [6.07, 6.45) is 0. The quantitative estimate of drug-likeness (QED) is 0.683. The molecule has 0 spiro atoms. The number of nitrogens with zero attached hydrogens (tertiary/aromatic N) is 2. The molecule has 0 aromatic heterocycles. The maximum Gasteiger partial charge on any atom is 0.256 e. The Morgan fingerprint density at radius 2 is 1.88 bits per heavy atom. The van der Waals surface area contributed by atoms with Crippen molar-refractivity contribution in [3.05, 3.63) is 56.1 Å². The first kappa shape index (κ1) is 18.5. The summed E-state index contributed by atoms with van der Waals surface area (Å²) in [7, 11) is 2.13. The molecule has 0 radical (unpaired) electrons. The fourth-order valence-corrected chi connectivity index (χ4v) is 3.72. The summed E-state index contributed by atoms with van der Waals surface area (Å²) < 4.78 is 0.973. The van der Waals surface area contributed by atoms with Gasteiger partial charge in [-0.25, -0.2) is 0 Å². The lowest BCUT2D eigenvalue weighted by molar-refractivity contribution is 0.102. The van der Waals surface area contributed by atoms with Crippen LogP contribution in [0.4, 0.5) is 11.4 Å². The highest BCUT2D eigenvalue weighted by Crippen LogP contribution is 2.31. The second-order valence-corrected chi connectivity index (χ2v) is 7.86. The molecule has 1 aliphatic heterocycles. The zero-order valence-electron chi connectivity index (χ0n) is 14.4. The first-order chi connectivity index (χ1) is 12.0. The number of benzene rings is 2. The van der Waals surface area contributed by atoms with Crippen molar-refractivity contribution >= 4 is 51.5 Å². The average molecular weight is 470 g/mol. The SMILES string of the molecule is Cc1cccc(C(=O)Nc2cc(Cl)ccc2N2CCN(C)CC2)c1I. The molecule has 1 aliphatic rings. The first-order valence-electron chi connectivity index (χ1n) is 8.25. The molecule has 132 valence electrons. The average Bonchev–Trinajstić information content (AvgIpc) is 2.58. The lowest BCUT2D eigenvalue weighted by Crippen LogP contribution is -2.44. The van der Waals surface area contributed by atoms with Gasteiger partial charge >= 0.3 is 0 Å². The maximum absolute atomic E-state index is 12.8. The van der Waals surface area contributed by atoms with Gasteiger partial charge in [0.15, 0.2) is 0 Å². The molecule has 0 saturated carbocycles. The summed E-state index contributed by atoms with van der Waals surface area (Å²) in [4.78, 5) is 17.4. The number of piperazine rings is 1. The van der Waals surface area contributed by atoms with Crippen LogP contribution in [0.2, 0.25) is 5.02 Å². The summed E-state index contributed by atoms with van der Waals surface area (Å²) in [6, 6.07) is 11.5. The van der Waals surface area contributed by atoms with E-state index in [2.05, 4.69) is 44.8 Å². The highest BCUT2D eigenvalue weighted by molar-refractivity contribution is 14.1. The van der Waals surface area contributed by atoms with E-state index in [0.717, 1.165) is 46.7 Å².